The van der Waals surface area contributed by atoms with Crippen molar-refractivity contribution < 1.29 is 26.3 Å². The van der Waals surface area contributed by atoms with Crippen LogP contribution in [0.25, 0.3) is 0 Å². The molecule has 0 radical (unpaired) electrons. The Balaban J connectivity index is 3.40. The van der Waals surface area contributed by atoms with Gasteiger partial charge in [0.05, 0.1) is 17.0 Å². The van der Waals surface area contributed by atoms with Gasteiger partial charge in [0.25, 0.3) is 0 Å². The van der Waals surface area contributed by atoms with Gasteiger partial charge < -0.3 is 0 Å². The van der Waals surface area contributed by atoms with Gasteiger partial charge >= 0.3 is 12.4 Å². The first-order chi connectivity index (χ1) is 8.95. The Morgan fingerprint density at radius 2 is 1.60 bits per heavy atom. The standard InChI is InChI=1S/C12H8ClF6N/c1-10(11(14,15)16,12(17,18)19)9(13)8-4-2-3-7(5-8)6-20/h2-5,9H,1H3. The van der Waals surface area contributed by atoms with E-state index >= 15 is 0 Å². The molecule has 20 heavy (non-hydrogen) atoms. The molecule has 0 aliphatic heterocycles. The Morgan fingerprint density at radius 1 is 1.10 bits per heavy atom. The Hall–Kier alpha value is -1.42. The lowest BCUT2D eigenvalue weighted by Gasteiger charge is -2.37. The lowest BCUT2D eigenvalue weighted by molar-refractivity contribution is -0.335. The van der Waals surface area contributed by atoms with Gasteiger partial charge in [-0.2, -0.15) is 31.6 Å². The van der Waals surface area contributed by atoms with Crippen LogP contribution < -0.4 is 0 Å². The van der Waals surface area contributed by atoms with Crippen molar-refractivity contribution >= 4 is 11.6 Å². The quantitative estimate of drug-likeness (QED) is 0.558. The van der Waals surface area contributed by atoms with Gasteiger partial charge in [-0.3, -0.25) is 0 Å². The van der Waals surface area contributed by atoms with Crippen LogP contribution in [-0.2, 0) is 0 Å². The van der Waals surface area contributed by atoms with Crippen molar-refractivity contribution in [1.29, 1.82) is 5.26 Å². The normalized spacial score (nSPS) is 14.8. The zero-order valence-corrected chi connectivity index (χ0v) is 10.7. The lowest BCUT2D eigenvalue weighted by atomic mass is 9.81. The highest BCUT2D eigenvalue weighted by Gasteiger charge is 2.71. The SMILES string of the molecule is CC(C(Cl)c1cccc(C#N)c1)(C(F)(F)F)C(F)(F)F. The average Bonchev–Trinajstić information content (AvgIpc) is 2.34. The molecule has 1 aromatic rings. The Morgan fingerprint density at radius 3 is 2.00 bits per heavy atom. The molecule has 0 spiro atoms. The average molecular weight is 316 g/mol. The molecule has 8 heteroatoms. The van der Waals surface area contributed by atoms with E-state index in [-0.39, 0.29) is 12.5 Å². The van der Waals surface area contributed by atoms with Gasteiger partial charge in [0.15, 0.2) is 5.41 Å². The van der Waals surface area contributed by atoms with E-state index in [1.165, 1.54) is 12.1 Å². The van der Waals surface area contributed by atoms with Crippen molar-refractivity contribution in [1.82, 2.24) is 0 Å². The van der Waals surface area contributed by atoms with Crippen LogP contribution >= 0.6 is 11.6 Å². The van der Waals surface area contributed by atoms with Gasteiger partial charge in [0.1, 0.15) is 0 Å². The minimum Gasteiger partial charge on any atom is -0.192 e. The van der Waals surface area contributed by atoms with Crippen LogP contribution in [0.1, 0.15) is 23.4 Å². The number of rotatable bonds is 2. The smallest absolute Gasteiger partial charge is 0.192 e. The van der Waals surface area contributed by atoms with Crippen LogP contribution in [0.4, 0.5) is 26.3 Å². The first-order valence-electron chi connectivity index (χ1n) is 5.22. The highest BCUT2D eigenvalue weighted by Crippen LogP contribution is 2.59. The number of nitriles is 1. The Kier molecular flexibility index (Phi) is 4.30. The first kappa shape index (κ1) is 16.6. The van der Waals surface area contributed by atoms with Crippen LogP contribution in [0.5, 0.6) is 0 Å². The molecule has 0 bridgehead atoms. The van der Waals surface area contributed by atoms with Gasteiger partial charge in [-0.05, 0) is 24.6 Å². The topological polar surface area (TPSA) is 23.8 Å². The molecule has 0 heterocycles. The second kappa shape index (κ2) is 5.17. The third kappa shape index (κ3) is 2.70. The summed E-state index contributed by atoms with van der Waals surface area (Å²) in [6, 6.07) is 5.99. The summed E-state index contributed by atoms with van der Waals surface area (Å²) in [5.41, 5.74) is -4.60. The molecule has 0 aromatic heterocycles. The van der Waals surface area contributed by atoms with E-state index in [1.807, 2.05) is 0 Å². The summed E-state index contributed by atoms with van der Waals surface area (Å²) in [7, 11) is 0. The van der Waals surface area contributed by atoms with Crippen molar-refractivity contribution in [2.24, 2.45) is 5.41 Å². The fraction of sp³-hybridized carbons (Fsp3) is 0.417. The maximum absolute atomic E-state index is 12.8. The molecule has 0 N–H and O–H groups in total. The van der Waals surface area contributed by atoms with Gasteiger partial charge in [-0.1, -0.05) is 12.1 Å². The van der Waals surface area contributed by atoms with Crippen molar-refractivity contribution in [2.75, 3.05) is 0 Å². The summed E-state index contributed by atoms with van der Waals surface area (Å²) < 4.78 is 77.1. The van der Waals surface area contributed by atoms with Crippen LogP contribution in [0, 0.1) is 16.7 Å². The van der Waals surface area contributed by atoms with Crippen LogP contribution in [0.15, 0.2) is 24.3 Å². The van der Waals surface area contributed by atoms with E-state index in [2.05, 4.69) is 0 Å². The summed E-state index contributed by atoms with van der Waals surface area (Å²) >= 11 is 5.46. The number of halogens is 7. The molecule has 1 atom stereocenters. The molecule has 1 nitrogen and oxygen atoms in total. The molecule has 0 fully saturated rings. The number of benzene rings is 1. The Bertz CT molecular complexity index is 514. The third-order valence-electron chi connectivity index (χ3n) is 2.99. The van der Waals surface area contributed by atoms with Crippen molar-refractivity contribution in [3.05, 3.63) is 35.4 Å². The highest BCUT2D eigenvalue weighted by molar-refractivity contribution is 6.21. The van der Waals surface area contributed by atoms with E-state index in [1.54, 1.807) is 6.07 Å². The molecule has 1 unspecified atom stereocenters. The lowest BCUT2D eigenvalue weighted by Crippen LogP contribution is -2.50. The molecule has 1 aromatic carbocycles. The zero-order chi connectivity index (χ0) is 15.8. The minimum absolute atomic E-state index is 0.00368. The summed E-state index contributed by atoms with van der Waals surface area (Å²) in [6.07, 6.45) is -11.2. The number of hydrogen-bond acceptors (Lipinski definition) is 1. The fourth-order valence-electron chi connectivity index (χ4n) is 1.55. The van der Waals surface area contributed by atoms with Crippen molar-refractivity contribution in [2.45, 2.75) is 24.7 Å². The molecular weight excluding hydrogens is 308 g/mol. The number of nitrogens with zero attached hydrogens (tertiary/aromatic N) is 1. The molecule has 0 aliphatic carbocycles. The summed E-state index contributed by atoms with van der Waals surface area (Å²) in [4.78, 5) is 0. The minimum atomic E-state index is -5.58. The second-order valence-corrected chi connectivity index (χ2v) is 4.73. The maximum atomic E-state index is 12.8. The predicted octanol–water partition coefficient (Wildman–Crippen LogP) is 4.97. The second-order valence-electron chi connectivity index (χ2n) is 4.30. The highest BCUT2D eigenvalue weighted by atomic mass is 35.5. The molecule has 0 saturated heterocycles. The predicted molar refractivity (Wildman–Crippen MR) is 60.0 cm³/mol. The van der Waals surface area contributed by atoms with E-state index in [0.29, 0.717) is 0 Å². The van der Waals surface area contributed by atoms with Crippen LogP contribution in [0.2, 0.25) is 0 Å². The zero-order valence-electron chi connectivity index (χ0n) is 9.98. The monoisotopic (exact) mass is 315 g/mol. The fourth-order valence-corrected chi connectivity index (χ4v) is 1.93. The number of hydrogen-bond donors (Lipinski definition) is 0. The van der Waals surface area contributed by atoms with E-state index in [9.17, 15) is 26.3 Å². The van der Waals surface area contributed by atoms with Crippen molar-refractivity contribution in [3.63, 3.8) is 0 Å². The van der Waals surface area contributed by atoms with Crippen molar-refractivity contribution in [3.8, 4) is 6.07 Å². The van der Waals surface area contributed by atoms with E-state index < -0.39 is 28.7 Å². The summed E-state index contributed by atoms with van der Waals surface area (Å²) in [6.45, 7) is 0.00368. The molecule has 110 valence electrons. The summed E-state index contributed by atoms with van der Waals surface area (Å²) in [5, 5.41) is 6.24. The van der Waals surface area contributed by atoms with E-state index in [4.69, 9.17) is 16.9 Å². The summed E-state index contributed by atoms with van der Waals surface area (Å²) in [5.74, 6) is 0. The number of alkyl halides is 7. The molecule has 1 rings (SSSR count). The first-order valence-corrected chi connectivity index (χ1v) is 5.66. The molecule has 0 saturated carbocycles. The maximum Gasteiger partial charge on any atom is 0.404 e. The van der Waals surface area contributed by atoms with Gasteiger partial charge in [0, 0.05) is 0 Å². The van der Waals surface area contributed by atoms with Gasteiger partial charge in [-0.15, -0.1) is 11.6 Å². The molecular formula is C12H8ClF6N. The van der Waals surface area contributed by atoms with Crippen LogP contribution in [0.3, 0.4) is 0 Å². The molecule has 0 amide bonds. The molecule has 0 aliphatic rings. The largest absolute Gasteiger partial charge is 0.404 e. The van der Waals surface area contributed by atoms with Crippen LogP contribution in [-0.4, -0.2) is 12.4 Å². The van der Waals surface area contributed by atoms with Gasteiger partial charge in [-0.25, -0.2) is 0 Å². The van der Waals surface area contributed by atoms with Gasteiger partial charge in [0.2, 0.25) is 0 Å². The van der Waals surface area contributed by atoms with E-state index in [0.717, 1.165) is 12.1 Å². The third-order valence-corrected chi connectivity index (χ3v) is 3.68. The Labute approximate surface area is 115 Å².